The minimum absolute atomic E-state index is 0.578. The molecule has 0 spiro atoms. The van der Waals surface area contributed by atoms with Crippen LogP contribution in [0.4, 0.5) is 0 Å². The molecule has 1 aromatic heterocycles. The van der Waals surface area contributed by atoms with Crippen LogP contribution in [0.25, 0.3) is 11.1 Å². The van der Waals surface area contributed by atoms with Crippen LogP contribution in [0, 0.1) is 0 Å². The molecule has 2 aromatic rings. The molecule has 0 aliphatic rings. The van der Waals surface area contributed by atoms with Crippen molar-refractivity contribution in [3.8, 4) is 0 Å². The summed E-state index contributed by atoms with van der Waals surface area (Å²) in [5, 5.41) is 4.20. The lowest BCUT2D eigenvalue weighted by Crippen LogP contribution is -2.23. The van der Waals surface area contributed by atoms with Crippen LogP contribution in [0.15, 0.2) is 33.9 Å². The fourth-order valence-electron chi connectivity index (χ4n) is 1.69. The Balaban J connectivity index is 1.70. The Labute approximate surface area is 112 Å². The molecule has 18 heavy (non-hydrogen) atoms. The van der Waals surface area contributed by atoms with Crippen molar-refractivity contribution in [2.75, 3.05) is 12.3 Å². The van der Waals surface area contributed by atoms with Crippen molar-refractivity contribution >= 4 is 22.9 Å². The molecule has 0 bridgehead atoms. The molecule has 3 nitrogen and oxygen atoms in total. The zero-order chi connectivity index (χ0) is 12.8. The van der Waals surface area contributed by atoms with E-state index in [9.17, 15) is 0 Å². The number of oxazole rings is 1. The predicted molar refractivity (Wildman–Crippen MR) is 77.1 cm³/mol. The minimum Gasteiger partial charge on any atom is -0.431 e. The van der Waals surface area contributed by atoms with E-state index in [2.05, 4.69) is 24.1 Å². The van der Waals surface area contributed by atoms with E-state index in [1.54, 1.807) is 11.8 Å². The van der Waals surface area contributed by atoms with Gasteiger partial charge in [0.1, 0.15) is 5.52 Å². The largest absolute Gasteiger partial charge is 0.431 e. The van der Waals surface area contributed by atoms with E-state index in [4.69, 9.17) is 4.42 Å². The minimum atomic E-state index is 0.578. The molecule has 1 N–H and O–H groups in total. The molecule has 0 saturated carbocycles. The van der Waals surface area contributed by atoms with Crippen molar-refractivity contribution < 1.29 is 4.42 Å². The SMILES string of the molecule is CC(C)NCCCCSc1nc2ccccc2o1. The molecule has 98 valence electrons. The number of nitrogens with one attached hydrogen (secondary N) is 1. The average molecular weight is 264 g/mol. The molecule has 0 fully saturated rings. The van der Waals surface area contributed by atoms with Gasteiger partial charge in [0.05, 0.1) is 0 Å². The molecule has 1 heterocycles. The molecular formula is C14H20N2OS. The van der Waals surface area contributed by atoms with Gasteiger partial charge in [0.15, 0.2) is 5.58 Å². The maximum atomic E-state index is 5.65. The Morgan fingerprint density at radius 1 is 1.28 bits per heavy atom. The van der Waals surface area contributed by atoms with Gasteiger partial charge in [0.25, 0.3) is 5.22 Å². The Morgan fingerprint density at radius 3 is 2.89 bits per heavy atom. The third kappa shape index (κ3) is 4.03. The monoisotopic (exact) mass is 264 g/mol. The highest BCUT2D eigenvalue weighted by atomic mass is 32.2. The number of benzene rings is 1. The summed E-state index contributed by atoms with van der Waals surface area (Å²) in [6.45, 7) is 5.44. The van der Waals surface area contributed by atoms with Crippen LogP contribution in [0.2, 0.25) is 0 Å². The summed E-state index contributed by atoms with van der Waals surface area (Å²) in [7, 11) is 0. The van der Waals surface area contributed by atoms with E-state index >= 15 is 0 Å². The lowest BCUT2D eigenvalue weighted by molar-refractivity contribution is 0.489. The highest BCUT2D eigenvalue weighted by molar-refractivity contribution is 7.99. The summed E-state index contributed by atoms with van der Waals surface area (Å²) in [4.78, 5) is 4.44. The van der Waals surface area contributed by atoms with Crippen LogP contribution in [0.1, 0.15) is 26.7 Å². The van der Waals surface area contributed by atoms with Gasteiger partial charge in [-0.15, -0.1) is 0 Å². The second kappa shape index (κ2) is 6.81. The maximum Gasteiger partial charge on any atom is 0.256 e. The Bertz CT molecular complexity index is 448. The first-order valence-corrected chi connectivity index (χ1v) is 7.46. The van der Waals surface area contributed by atoms with E-state index < -0.39 is 0 Å². The van der Waals surface area contributed by atoms with E-state index in [0.29, 0.717) is 6.04 Å². The summed E-state index contributed by atoms with van der Waals surface area (Å²) in [6, 6.07) is 8.47. The number of fused-ring (bicyclic) bond motifs is 1. The molecule has 0 unspecified atom stereocenters. The Kier molecular flexibility index (Phi) is 5.08. The third-order valence-corrected chi connectivity index (χ3v) is 3.54. The Morgan fingerprint density at radius 2 is 2.11 bits per heavy atom. The number of rotatable bonds is 7. The molecule has 0 saturated heterocycles. The van der Waals surface area contributed by atoms with Gasteiger partial charge in [-0.25, -0.2) is 4.98 Å². The number of para-hydroxylation sites is 2. The molecule has 4 heteroatoms. The summed E-state index contributed by atoms with van der Waals surface area (Å²) < 4.78 is 5.65. The van der Waals surface area contributed by atoms with E-state index in [-0.39, 0.29) is 0 Å². The predicted octanol–water partition coefficient (Wildman–Crippen LogP) is 3.70. The van der Waals surface area contributed by atoms with E-state index in [1.165, 1.54) is 12.8 Å². The second-order valence-corrected chi connectivity index (χ2v) is 5.66. The fourth-order valence-corrected chi connectivity index (χ4v) is 2.52. The number of thioether (sulfide) groups is 1. The normalized spacial score (nSPS) is 11.5. The fraction of sp³-hybridized carbons (Fsp3) is 0.500. The van der Waals surface area contributed by atoms with Gasteiger partial charge < -0.3 is 9.73 Å². The lowest BCUT2D eigenvalue weighted by Gasteiger charge is -2.06. The average Bonchev–Trinajstić information content (AvgIpc) is 2.75. The van der Waals surface area contributed by atoms with E-state index in [1.807, 2.05) is 24.3 Å². The molecular weight excluding hydrogens is 244 g/mol. The number of hydrogen-bond acceptors (Lipinski definition) is 4. The topological polar surface area (TPSA) is 38.1 Å². The van der Waals surface area contributed by atoms with Gasteiger partial charge >= 0.3 is 0 Å². The third-order valence-electron chi connectivity index (χ3n) is 2.62. The molecule has 0 aliphatic carbocycles. The van der Waals surface area contributed by atoms with Crippen molar-refractivity contribution in [1.29, 1.82) is 0 Å². The zero-order valence-corrected chi connectivity index (χ0v) is 11.8. The van der Waals surface area contributed by atoms with Crippen molar-refractivity contribution in [3.63, 3.8) is 0 Å². The lowest BCUT2D eigenvalue weighted by atomic mass is 10.3. The maximum absolute atomic E-state index is 5.65. The first-order valence-electron chi connectivity index (χ1n) is 6.47. The standard InChI is InChI=1S/C14H20N2OS/c1-11(2)15-9-5-6-10-18-14-16-12-7-3-4-8-13(12)17-14/h3-4,7-8,11,15H,5-6,9-10H2,1-2H3. The van der Waals surface area contributed by atoms with Gasteiger partial charge in [0, 0.05) is 11.8 Å². The summed E-state index contributed by atoms with van der Waals surface area (Å²) in [5.74, 6) is 1.06. The van der Waals surface area contributed by atoms with Gasteiger partial charge in [-0.2, -0.15) is 0 Å². The molecule has 1 aromatic carbocycles. The van der Waals surface area contributed by atoms with Crippen LogP contribution < -0.4 is 5.32 Å². The molecule has 0 radical (unpaired) electrons. The van der Waals surface area contributed by atoms with Crippen LogP contribution in [-0.4, -0.2) is 23.3 Å². The van der Waals surface area contributed by atoms with Crippen molar-refractivity contribution in [2.45, 2.75) is 38.0 Å². The van der Waals surface area contributed by atoms with Crippen LogP contribution in [0.3, 0.4) is 0 Å². The van der Waals surface area contributed by atoms with Crippen LogP contribution in [-0.2, 0) is 0 Å². The van der Waals surface area contributed by atoms with Gasteiger partial charge in [-0.1, -0.05) is 37.7 Å². The summed E-state index contributed by atoms with van der Waals surface area (Å²) in [6.07, 6.45) is 2.38. The van der Waals surface area contributed by atoms with Gasteiger partial charge in [0.2, 0.25) is 0 Å². The van der Waals surface area contributed by atoms with E-state index in [0.717, 1.165) is 28.6 Å². The van der Waals surface area contributed by atoms with Gasteiger partial charge in [-0.05, 0) is 31.5 Å². The Hall–Kier alpha value is -1.00. The second-order valence-electron chi connectivity index (χ2n) is 4.61. The number of aromatic nitrogens is 1. The first kappa shape index (κ1) is 13.4. The van der Waals surface area contributed by atoms with Crippen LogP contribution >= 0.6 is 11.8 Å². The van der Waals surface area contributed by atoms with Crippen molar-refractivity contribution in [1.82, 2.24) is 10.3 Å². The first-order chi connectivity index (χ1) is 8.75. The molecule has 2 rings (SSSR count). The number of unbranched alkanes of at least 4 members (excludes halogenated alkanes) is 1. The highest BCUT2D eigenvalue weighted by Crippen LogP contribution is 2.23. The molecule has 0 amide bonds. The number of hydrogen-bond donors (Lipinski definition) is 1. The zero-order valence-electron chi connectivity index (χ0n) is 11.0. The van der Waals surface area contributed by atoms with Crippen molar-refractivity contribution in [2.24, 2.45) is 0 Å². The molecule has 0 aliphatic heterocycles. The number of nitrogens with zero attached hydrogens (tertiary/aromatic N) is 1. The smallest absolute Gasteiger partial charge is 0.256 e. The van der Waals surface area contributed by atoms with Crippen LogP contribution in [0.5, 0.6) is 0 Å². The highest BCUT2D eigenvalue weighted by Gasteiger charge is 2.04. The summed E-state index contributed by atoms with van der Waals surface area (Å²) >= 11 is 1.70. The molecule has 0 atom stereocenters. The van der Waals surface area contributed by atoms with Gasteiger partial charge in [-0.3, -0.25) is 0 Å². The van der Waals surface area contributed by atoms with Crippen molar-refractivity contribution in [3.05, 3.63) is 24.3 Å². The summed E-state index contributed by atoms with van der Waals surface area (Å²) in [5.41, 5.74) is 1.82. The quantitative estimate of drug-likeness (QED) is 0.611.